The highest BCUT2D eigenvalue weighted by Crippen LogP contribution is 2.24. The Morgan fingerprint density at radius 1 is 1.50 bits per heavy atom. The maximum atomic E-state index is 11.3. The fraction of sp³-hybridized carbons (Fsp3) is 0.667. The molecule has 0 saturated heterocycles. The van der Waals surface area contributed by atoms with Crippen molar-refractivity contribution < 1.29 is 9.63 Å². The van der Waals surface area contributed by atoms with Crippen LogP contribution in [0.15, 0.2) is 12.2 Å². The van der Waals surface area contributed by atoms with E-state index in [9.17, 15) is 4.79 Å². The second kappa shape index (κ2) is 4.26. The molecule has 1 N–H and O–H groups in total. The molecule has 0 radical (unpaired) electrons. The van der Waals surface area contributed by atoms with Crippen LogP contribution in [-0.4, -0.2) is 13.0 Å². The van der Waals surface area contributed by atoms with Gasteiger partial charge in [0.1, 0.15) is 0 Å². The molecule has 0 spiro atoms. The summed E-state index contributed by atoms with van der Waals surface area (Å²) in [5.74, 6) is 0.495. The van der Waals surface area contributed by atoms with Crippen molar-refractivity contribution in [2.75, 3.05) is 7.11 Å². The Hall–Kier alpha value is -0.830. The highest BCUT2D eigenvalue weighted by Gasteiger charge is 2.25. The third-order valence-electron chi connectivity index (χ3n) is 2.29. The van der Waals surface area contributed by atoms with Gasteiger partial charge in [-0.05, 0) is 18.8 Å². The van der Waals surface area contributed by atoms with E-state index < -0.39 is 0 Å². The van der Waals surface area contributed by atoms with Crippen LogP contribution >= 0.6 is 0 Å². The molecule has 2 atom stereocenters. The second-order valence-corrected chi connectivity index (χ2v) is 3.20. The minimum Gasteiger partial charge on any atom is -0.277 e. The summed E-state index contributed by atoms with van der Waals surface area (Å²) < 4.78 is 0. The van der Waals surface area contributed by atoms with E-state index in [2.05, 4.69) is 29.4 Å². The van der Waals surface area contributed by atoms with E-state index in [1.165, 1.54) is 7.11 Å². The van der Waals surface area contributed by atoms with Crippen molar-refractivity contribution in [3.05, 3.63) is 12.2 Å². The molecule has 3 heteroatoms. The Morgan fingerprint density at radius 2 is 2.17 bits per heavy atom. The highest BCUT2D eigenvalue weighted by atomic mass is 16.6. The average molecular weight is 169 g/mol. The number of rotatable bonds is 2. The van der Waals surface area contributed by atoms with Gasteiger partial charge in [-0.3, -0.25) is 9.63 Å². The van der Waals surface area contributed by atoms with Crippen LogP contribution in [0.2, 0.25) is 0 Å². The molecule has 0 aliphatic heterocycles. The molecule has 0 unspecified atom stereocenters. The Bertz CT molecular complexity index is 189. The summed E-state index contributed by atoms with van der Waals surface area (Å²) in [4.78, 5) is 15.9. The zero-order valence-corrected chi connectivity index (χ0v) is 7.54. The van der Waals surface area contributed by atoms with Crippen molar-refractivity contribution in [3.8, 4) is 0 Å². The zero-order chi connectivity index (χ0) is 8.97. The molecule has 12 heavy (non-hydrogen) atoms. The summed E-state index contributed by atoms with van der Waals surface area (Å²) in [5, 5.41) is 0. The van der Waals surface area contributed by atoms with Crippen LogP contribution in [0.5, 0.6) is 0 Å². The van der Waals surface area contributed by atoms with Gasteiger partial charge < -0.3 is 0 Å². The fourth-order valence-electron chi connectivity index (χ4n) is 1.49. The van der Waals surface area contributed by atoms with Crippen molar-refractivity contribution in [2.24, 2.45) is 11.8 Å². The number of carbonyl (C=O) groups excluding carboxylic acids is 1. The van der Waals surface area contributed by atoms with Gasteiger partial charge in [-0.1, -0.05) is 19.1 Å². The van der Waals surface area contributed by atoms with Gasteiger partial charge in [0.2, 0.25) is 5.91 Å². The molecule has 0 aromatic rings. The Morgan fingerprint density at radius 3 is 2.75 bits per heavy atom. The van der Waals surface area contributed by atoms with E-state index in [4.69, 9.17) is 0 Å². The predicted octanol–water partition coefficient (Wildman–Crippen LogP) is 1.27. The van der Waals surface area contributed by atoms with Crippen molar-refractivity contribution in [1.82, 2.24) is 5.48 Å². The Balaban J connectivity index is 2.49. The number of nitrogens with one attached hydrogen (secondary N) is 1. The lowest BCUT2D eigenvalue weighted by Gasteiger charge is -2.23. The molecule has 0 aromatic heterocycles. The predicted molar refractivity (Wildman–Crippen MR) is 46.2 cm³/mol. The number of allylic oxidation sites excluding steroid dienone is 2. The summed E-state index contributed by atoms with van der Waals surface area (Å²) in [6, 6.07) is 0. The SMILES string of the molecule is CONC(=O)[C@@H]1CC=CC[C@H]1C. The summed E-state index contributed by atoms with van der Waals surface area (Å²) in [7, 11) is 1.46. The molecular formula is C9H15NO2. The molecule has 0 heterocycles. The van der Waals surface area contributed by atoms with Gasteiger partial charge in [0.15, 0.2) is 0 Å². The summed E-state index contributed by atoms with van der Waals surface area (Å²) >= 11 is 0. The molecule has 1 rings (SSSR count). The van der Waals surface area contributed by atoms with Gasteiger partial charge in [-0.15, -0.1) is 0 Å². The lowest BCUT2D eigenvalue weighted by atomic mass is 9.84. The average Bonchev–Trinajstić information content (AvgIpc) is 2.05. The van der Waals surface area contributed by atoms with Gasteiger partial charge in [0, 0.05) is 5.92 Å². The largest absolute Gasteiger partial charge is 0.277 e. The maximum absolute atomic E-state index is 11.3. The minimum absolute atomic E-state index is 0.00523. The first-order chi connectivity index (χ1) is 5.75. The molecule has 0 aromatic carbocycles. The van der Waals surface area contributed by atoms with Crippen LogP contribution in [0.1, 0.15) is 19.8 Å². The lowest BCUT2D eigenvalue weighted by molar-refractivity contribution is -0.137. The number of amides is 1. The first-order valence-electron chi connectivity index (χ1n) is 4.23. The van der Waals surface area contributed by atoms with Crippen LogP contribution in [0.25, 0.3) is 0 Å². The first-order valence-corrected chi connectivity index (χ1v) is 4.23. The van der Waals surface area contributed by atoms with Crippen molar-refractivity contribution in [2.45, 2.75) is 19.8 Å². The van der Waals surface area contributed by atoms with Crippen molar-refractivity contribution in [3.63, 3.8) is 0 Å². The number of hydrogen-bond donors (Lipinski definition) is 1. The Labute approximate surface area is 72.7 Å². The number of hydrogen-bond acceptors (Lipinski definition) is 2. The Kier molecular flexibility index (Phi) is 3.29. The standard InChI is InChI=1S/C9H15NO2/c1-7-5-3-4-6-8(7)9(11)10-12-2/h3-4,7-8H,5-6H2,1-2H3,(H,10,11)/t7-,8-/m1/s1. The molecule has 0 saturated carbocycles. The van der Waals surface area contributed by atoms with Gasteiger partial charge in [0.25, 0.3) is 0 Å². The van der Waals surface area contributed by atoms with Crippen molar-refractivity contribution >= 4 is 5.91 Å². The number of carbonyl (C=O) groups is 1. The minimum atomic E-state index is -0.00523. The van der Waals surface area contributed by atoms with Gasteiger partial charge in [-0.25, -0.2) is 5.48 Å². The highest BCUT2D eigenvalue weighted by molar-refractivity contribution is 5.78. The molecule has 3 nitrogen and oxygen atoms in total. The molecule has 68 valence electrons. The van der Waals surface area contributed by atoms with E-state index in [0.29, 0.717) is 5.92 Å². The summed E-state index contributed by atoms with van der Waals surface area (Å²) in [5.41, 5.74) is 2.37. The molecule has 1 aliphatic rings. The molecule has 0 bridgehead atoms. The zero-order valence-electron chi connectivity index (χ0n) is 7.54. The summed E-state index contributed by atoms with van der Waals surface area (Å²) in [6.07, 6.45) is 6.00. The van der Waals surface area contributed by atoms with Crippen LogP contribution in [-0.2, 0) is 9.63 Å². The smallest absolute Gasteiger partial charge is 0.247 e. The molecular weight excluding hydrogens is 154 g/mol. The second-order valence-electron chi connectivity index (χ2n) is 3.20. The van der Waals surface area contributed by atoms with Gasteiger partial charge >= 0.3 is 0 Å². The van der Waals surface area contributed by atoms with Gasteiger partial charge in [0.05, 0.1) is 7.11 Å². The molecule has 0 fully saturated rings. The van der Waals surface area contributed by atoms with Crippen LogP contribution in [0, 0.1) is 11.8 Å². The quantitative estimate of drug-likeness (QED) is 0.499. The summed E-state index contributed by atoms with van der Waals surface area (Å²) in [6.45, 7) is 2.09. The number of hydroxylamine groups is 1. The van der Waals surface area contributed by atoms with E-state index in [1.54, 1.807) is 0 Å². The van der Waals surface area contributed by atoms with E-state index in [1.807, 2.05) is 0 Å². The third kappa shape index (κ3) is 2.08. The van der Waals surface area contributed by atoms with Crippen LogP contribution < -0.4 is 5.48 Å². The molecule has 1 aliphatic carbocycles. The molecule has 1 amide bonds. The maximum Gasteiger partial charge on any atom is 0.247 e. The van der Waals surface area contributed by atoms with Crippen LogP contribution in [0.4, 0.5) is 0 Å². The normalized spacial score (nSPS) is 28.5. The van der Waals surface area contributed by atoms with Crippen LogP contribution in [0.3, 0.4) is 0 Å². The van der Waals surface area contributed by atoms with Crippen molar-refractivity contribution in [1.29, 1.82) is 0 Å². The fourth-order valence-corrected chi connectivity index (χ4v) is 1.49. The van der Waals surface area contributed by atoms with E-state index in [-0.39, 0.29) is 11.8 Å². The van der Waals surface area contributed by atoms with Gasteiger partial charge in [-0.2, -0.15) is 0 Å². The third-order valence-corrected chi connectivity index (χ3v) is 2.29. The monoisotopic (exact) mass is 169 g/mol. The lowest BCUT2D eigenvalue weighted by Crippen LogP contribution is -2.34. The van der Waals surface area contributed by atoms with E-state index >= 15 is 0 Å². The topological polar surface area (TPSA) is 38.3 Å². The van der Waals surface area contributed by atoms with E-state index in [0.717, 1.165) is 12.8 Å². The first kappa shape index (κ1) is 9.26.